The minimum atomic E-state index is -3.30. The van der Waals surface area contributed by atoms with E-state index in [4.69, 9.17) is 28.3 Å². The van der Waals surface area contributed by atoms with Gasteiger partial charge in [0.25, 0.3) is 0 Å². The van der Waals surface area contributed by atoms with Crippen LogP contribution in [-0.2, 0) is 16.4 Å². The molecule has 146 valence electrons. The molecule has 6 nitrogen and oxygen atoms in total. The Balaban J connectivity index is 2.12. The highest BCUT2D eigenvalue weighted by Crippen LogP contribution is 2.23. The summed E-state index contributed by atoms with van der Waals surface area (Å²) in [7, 11) is -3.30. The number of carbonyl (C=O) groups excluding carboxylic acids is 1. The Labute approximate surface area is 168 Å². The zero-order valence-corrected chi connectivity index (χ0v) is 17.0. The molecule has 2 aromatic rings. The van der Waals surface area contributed by atoms with Crippen LogP contribution in [0.1, 0.15) is 12.0 Å². The number of benzene rings is 2. The topological polar surface area (TPSA) is 86.7 Å². The number of urea groups is 1. The van der Waals surface area contributed by atoms with Gasteiger partial charge < -0.3 is 15.3 Å². The fourth-order valence-electron chi connectivity index (χ4n) is 2.36. The zero-order valence-electron chi connectivity index (χ0n) is 14.7. The van der Waals surface area contributed by atoms with Gasteiger partial charge in [-0.25, -0.2) is 13.2 Å². The SMILES string of the molecule is CS(=O)(=O)c1ccc(NC(=O)N(CCCO)Cc2ccc(Cl)c(Cl)c2)cc1. The molecule has 0 atom stereocenters. The van der Waals surface area contributed by atoms with E-state index in [9.17, 15) is 13.2 Å². The van der Waals surface area contributed by atoms with Crippen LogP contribution in [0.5, 0.6) is 0 Å². The Hall–Kier alpha value is -1.80. The van der Waals surface area contributed by atoms with Gasteiger partial charge in [-0.05, 0) is 48.4 Å². The van der Waals surface area contributed by atoms with E-state index in [0.29, 0.717) is 28.7 Å². The van der Waals surface area contributed by atoms with Crippen molar-refractivity contribution in [3.05, 3.63) is 58.1 Å². The van der Waals surface area contributed by atoms with Crippen LogP contribution < -0.4 is 5.32 Å². The maximum absolute atomic E-state index is 12.6. The van der Waals surface area contributed by atoms with Crippen LogP contribution in [0, 0.1) is 0 Å². The minimum Gasteiger partial charge on any atom is -0.396 e. The van der Waals surface area contributed by atoms with Crippen molar-refractivity contribution < 1.29 is 18.3 Å². The van der Waals surface area contributed by atoms with E-state index in [0.717, 1.165) is 11.8 Å². The second-order valence-electron chi connectivity index (χ2n) is 5.97. The summed E-state index contributed by atoms with van der Waals surface area (Å²) in [4.78, 5) is 14.3. The number of nitrogens with one attached hydrogen (secondary N) is 1. The first-order chi connectivity index (χ1) is 12.7. The van der Waals surface area contributed by atoms with Crippen LogP contribution in [-0.4, -0.2) is 43.9 Å². The average molecular weight is 431 g/mol. The van der Waals surface area contributed by atoms with Crippen LogP contribution >= 0.6 is 23.2 Å². The summed E-state index contributed by atoms with van der Waals surface area (Å²) in [5.74, 6) is 0. The Kier molecular flexibility index (Phi) is 7.49. The van der Waals surface area contributed by atoms with Crippen molar-refractivity contribution in [3.8, 4) is 0 Å². The van der Waals surface area contributed by atoms with Gasteiger partial charge in [0.1, 0.15) is 0 Å². The van der Waals surface area contributed by atoms with Crippen LogP contribution in [0.15, 0.2) is 47.4 Å². The molecule has 0 aliphatic rings. The Morgan fingerprint density at radius 3 is 2.33 bits per heavy atom. The summed E-state index contributed by atoms with van der Waals surface area (Å²) in [6, 6.07) is 10.7. The second-order valence-corrected chi connectivity index (χ2v) is 8.80. The molecule has 0 saturated heterocycles. The van der Waals surface area contributed by atoms with Gasteiger partial charge in [0.15, 0.2) is 9.84 Å². The molecule has 0 spiro atoms. The molecular formula is C18H20Cl2N2O4S. The molecule has 27 heavy (non-hydrogen) atoms. The molecule has 0 aliphatic carbocycles. The van der Waals surface area contributed by atoms with Crippen LogP contribution in [0.25, 0.3) is 0 Å². The lowest BCUT2D eigenvalue weighted by Gasteiger charge is -2.23. The summed E-state index contributed by atoms with van der Waals surface area (Å²) in [6.07, 6.45) is 1.54. The molecular weight excluding hydrogens is 411 g/mol. The van der Waals surface area contributed by atoms with E-state index in [1.54, 1.807) is 18.2 Å². The van der Waals surface area contributed by atoms with Gasteiger partial charge in [0.2, 0.25) is 0 Å². The zero-order chi connectivity index (χ0) is 20.0. The monoisotopic (exact) mass is 430 g/mol. The highest BCUT2D eigenvalue weighted by molar-refractivity contribution is 7.90. The summed E-state index contributed by atoms with van der Waals surface area (Å²) in [6.45, 7) is 0.572. The largest absolute Gasteiger partial charge is 0.396 e. The molecule has 0 unspecified atom stereocenters. The van der Waals surface area contributed by atoms with Crippen molar-refractivity contribution in [1.82, 2.24) is 4.90 Å². The highest BCUT2D eigenvalue weighted by atomic mass is 35.5. The normalized spacial score (nSPS) is 11.3. The van der Waals surface area contributed by atoms with Crippen molar-refractivity contribution >= 4 is 44.8 Å². The lowest BCUT2D eigenvalue weighted by Crippen LogP contribution is -2.35. The number of rotatable bonds is 7. The second kappa shape index (κ2) is 9.41. The third kappa shape index (κ3) is 6.39. The van der Waals surface area contributed by atoms with Crippen LogP contribution in [0.3, 0.4) is 0 Å². The van der Waals surface area contributed by atoms with Gasteiger partial charge in [0, 0.05) is 31.6 Å². The predicted octanol–water partition coefficient (Wildman–Crippen LogP) is 3.81. The number of nitrogens with zero attached hydrogens (tertiary/aromatic N) is 1. The van der Waals surface area contributed by atoms with E-state index in [-0.39, 0.29) is 24.1 Å². The molecule has 2 rings (SSSR count). The molecule has 0 heterocycles. The molecule has 0 saturated carbocycles. The molecule has 9 heteroatoms. The molecule has 0 aliphatic heterocycles. The number of hydrogen-bond donors (Lipinski definition) is 2. The van der Waals surface area contributed by atoms with Gasteiger partial charge in [-0.1, -0.05) is 29.3 Å². The van der Waals surface area contributed by atoms with Crippen molar-refractivity contribution in [2.24, 2.45) is 0 Å². The summed E-state index contributed by atoms with van der Waals surface area (Å²) in [5, 5.41) is 12.6. The molecule has 2 N–H and O–H groups in total. The summed E-state index contributed by atoms with van der Waals surface area (Å²) < 4.78 is 23.0. The number of aliphatic hydroxyl groups is 1. The van der Waals surface area contributed by atoms with E-state index in [1.165, 1.54) is 29.2 Å². The first-order valence-electron chi connectivity index (χ1n) is 8.11. The van der Waals surface area contributed by atoms with Gasteiger partial charge >= 0.3 is 6.03 Å². The van der Waals surface area contributed by atoms with Crippen molar-refractivity contribution in [1.29, 1.82) is 0 Å². The fourth-order valence-corrected chi connectivity index (χ4v) is 3.31. The molecule has 0 aromatic heterocycles. The smallest absolute Gasteiger partial charge is 0.322 e. The standard InChI is InChI=1S/C18H20Cl2N2O4S/c1-27(25,26)15-6-4-14(5-7-15)21-18(24)22(9-2-10-23)12-13-3-8-16(19)17(20)11-13/h3-8,11,23H,2,9-10,12H2,1H3,(H,21,24). The Bertz CT molecular complexity index is 902. The van der Waals surface area contributed by atoms with Crippen molar-refractivity contribution in [2.45, 2.75) is 17.9 Å². The Morgan fingerprint density at radius 2 is 1.78 bits per heavy atom. The molecule has 0 bridgehead atoms. The number of sulfone groups is 1. The quantitative estimate of drug-likeness (QED) is 0.698. The number of aliphatic hydroxyl groups excluding tert-OH is 1. The predicted molar refractivity (Wildman–Crippen MR) is 107 cm³/mol. The van der Waals surface area contributed by atoms with Gasteiger partial charge in [-0.2, -0.15) is 0 Å². The first kappa shape index (κ1) is 21.5. The van der Waals surface area contributed by atoms with Crippen LogP contribution in [0.4, 0.5) is 10.5 Å². The van der Waals surface area contributed by atoms with Crippen molar-refractivity contribution in [2.75, 3.05) is 24.7 Å². The number of halogens is 2. The van der Waals surface area contributed by atoms with Gasteiger partial charge in [-0.15, -0.1) is 0 Å². The lowest BCUT2D eigenvalue weighted by molar-refractivity contribution is 0.199. The van der Waals surface area contributed by atoms with Crippen molar-refractivity contribution in [3.63, 3.8) is 0 Å². The average Bonchev–Trinajstić information content (AvgIpc) is 2.61. The lowest BCUT2D eigenvalue weighted by atomic mass is 10.2. The fraction of sp³-hybridized carbons (Fsp3) is 0.278. The van der Waals surface area contributed by atoms with Gasteiger partial charge in [-0.3, -0.25) is 0 Å². The molecule has 2 aromatic carbocycles. The molecule has 0 radical (unpaired) electrons. The van der Waals surface area contributed by atoms with E-state index in [1.807, 2.05) is 0 Å². The van der Waals surface area contributed by atoms with E-state index >= 15 is 0 Å². The Morgan fingerprint density at radius 1 is 1.11 bits per heavy atom. The highest BCUT2D eigenvalue weighted by Gasteiger charge is 2.15. The van der Waals surface area contributed by atoms with E-state index in [2.05, 4.69) is 5.32 Å². The van der Waals surface area contributed by atoms with E-state index < -0.39 is 9.84 Å². The van der Waals surface area contributed by atoms with Gasteiger partial charge in [0.05, 0.1) is 14.9 Å². The number of anilines is 1. The maximum atomic E-state index is 12.6. The third-order valence-electron chi connectivity index (χ3n) is 3.76. The maximum Gasteiger partial charge on any atom is 0.322 e. The molecule has 0 fully saturated rings. The summed E-state index contributed by atoms with van der Waals surface area (Å²) >= 11 is 11.9. The number of amides is 2. The number of carbonyl (C=O) groups is 1. The first-order valence-corrected chi connectivity index (χ1v) is 10.8. The summed E-state index contributed by atoms with van der Waals surface area (Å²) in [5.41, 5.74) is 1.26. The minimum absolute atomic E-state index is 0.0474. The van der Waals surface area contributed by atoms with Crippen LogP contribution in [0.2, 0.25) is 10.0 Å². The molecule has 2 amide bonds. The third-order valence-corrected chi connectivity index (χ3v) is 5.63. The number of hydrogen-bond acceptors (Lipinski definition) is 4.